The van der Waals surface area contributed by atoms with Crippen molar-refractivity contribution in [2.45, 2.75) is 13.5 Å². The highest BCUT2D eigenvalue weighted by molar-refractivity contribution is 14.1. The first kappa shape index (κ1) is 25.3. The molecule has 2 amide bonds. The van der Waals surface area contributed by atoms with Crippen LogP contribution >= 0.6 is 46.0 Å². The largest absolute Gasteiger partial charge is 0.493 e. The van der Waals surface area contributed by atoms with Crippen molar-refractivity contribution in [1.82, 2.24) is 4.90 Å². The second-order valence-electron chi connectivity index (χ2n) is 7.68. The van der Waals surface area contributed by atoms with Crippen LogP contribution in [-0.2, 0) is 11.3 Å². The number of amides is 2. The number of carbonyl (C=O) groups is 3. The fraction of sp³-hybridized carbons (Fsp3) is 0.115. The van der Waals surface area contributed by atoms with Crippen LogP contribution in [0.5, 0.6) is 11.5 Å². The molecule has 0 spiro atoms. The van der Waals surface area contributed by atoms with Crippen molar-refractivity contribution in [2.75, 3.05) is 7.11 Å². The number of halogens is 2. The Hall–Kier alpha value is -2.82. The zero-order chi connectivity index (χ0) is 25.1. The van der Waals surface area contributed by atoms with E-state index in [-0.39, 0.29) is 23.4 Å². The Morgan fingerprint density at radius 1 is 1.09 bits per heavy atom. The number of ether oxygens (including phenoxy) is 2. The molecular formula is C26H19ClINO5S. The molecular weight excluding hydrogens is 601 g/mol. The molecule has 0 aromatic heterocycles. The molecule has 1 saturated heterocycles. The van der Waals surface area contributed by atoms with Gasteiger partial charge in [0.2, 0.25) is 0 Å². The maximum atomic E-state index is 12.9. The van der Waals surface area contributed by atoms with Crippen LogP contribution in [-0.4, -0.2) is 29.1 Å². The average Bonchev–Trinajstić information content (AvgIpc) is 3.09. The van der Waals surface area contributed by atoms with Gasteiger partial charge in [0.15, 0.2) is 11.5 Å². The van der Waals surface area contributed by atoms with E-state index in [0.717, 1.165) is 22.9 Å². The predicted octanol–water partition coefficient (Wildman–Crippen LogP) is 6.72. The molecule has 1 aliphatic rings. The lowest BCUT2D eigenvalue weighted by Crippen LogP contribution is -2.27. The number of carbonyl (C=O) groups excluding carboxylic acids is 3. The Morgan fingerprint density at radius 2 is 1.77 bits per heavy atom. The molecule has 1 aliphatic heterocycles. The minimum atomic E-state index is -0.503. The molecule has 0 saturated carbocycles. The first-order chi connectivity index (χ1) is 16.7. The standard InChI is InChI=1S/C26H19ClINO5S/c1-15-3-7-18(8-4-15)25(31)34-23-20(28)11-17(12-21(23)33-2)13-22-24(30)29(26(32)35-22)14-16-5-9-19(27)10-6-16/h3-13H,14H2,1-2H3/b22-13-. The molecule has 0 N–H and O–H groups in total. The van der Waals surface area contributed by atoms with Crippen molar-refractivity contribution in [3.8, 4) is 11.5 Å². The average molecular weight is 620 g/mol. The molecule has 3 aromatic carbocycles. The third-order valence-electron chi connectivity index (χ3n) is 5.16. The van der Waals surface area contributed by atoms with E-state index in [0.29, 0.717) is 30.4 Å². The number of hydrogen-bond donors (Lipinski definition) is 0. The number of hydrogen-bond acceptors (Lipinski definition) is 6. The van der Waals surface area contributed by atoms with Crippen LogP contribution in [0.1, 0.15) is 27.0 Å². The molecule has 178 valence electrons. The van der Waals surface area contributed by atoms with Gasteiger partial charge in [0.25, 0.3) is 11.1 Å². The van der Waals surface area contributed by atoms with Gasteiger partial charge in [-0.1, -0.05) is 41.4 Å². The number of rotatable bonds is 6. The van der Waals surface area contributed by atoms with Gasteiger partial charge in [-0.2, -0.15) is 0 Å². The van der Waals surface area contributed by atoms with Crippen LogP contribution in [0.15, 0.2) is 65.6 Å². The number of aryl methyl sites for hydroxylation is 1. The van der Waals surface area contributed by atoms with E-state index in [9.17, 15) is 14.4 Å². The zero-order valence-electron chi connectivity index (χ0n) is 18.7. The van der Waals surface area contributed by atoms with Crippen LogP contribution in [0, 0.1) is 10.5 Å². The molecule has 0 unspecified atom stereocenters. The quantitative estimate of drug-likeness (QED) is 0.132. The number of esters is 1. The molecule has 6 nitrogen and oxygen atoms in total. The summed E-state index contributed by atoms with van der Waals surface area (Å²) in [5, 5.41) is 0.237. The second kappa shape index (κ2) is 10.8. The van der Waals surface area contributed by atoms with Gasteiger partial charge in [0.05, 0.1) is 27.7 Å². The van der Waals surface area contributed by atoms with Gasteiger partial charge in [0.1, 0.15) is 0 Å². The van der Waals surface area contributed by atoms with Gasteiger partial charge >= 0.3 is 5.97 Å². The smallest absolute Gasteiger partial charge is 0.343 e. The highest BCUT2D eigenvalue weighted by Gasteiger charge is 2.35. The SMILES string of the molecule is COc1cc(/C=C2\SC(=O)N(Cc3ccc(Cl)cc3)C2=O)cc(I)c1OC(=O)c1ccc(C)cc1. The van der Waals surface area contributed by atoms with Crippen LogP contribution in [0.2, 0.25) is 5.02 Å². The number of methoxy groups -OCH3 is 1. The Labute approximate surface area is 225 Å². The summed E-state index contributed by atoms with van der Waals surface area (Å²) in [6.45, 7) is 2.10. The zero-order valence-corrected chi connectivity index (χ0v) is 22.4. The predicted molar refractivity (Wildman–Crippen MR) is 145 cm³/mol. The maximum absolute atomic E-state index is 12.9. The fourth-order valence-electron chi connectivity index (χ4n) is 3.32. The number of nitrogens with zero attached hydrogens (tertiary/aromatic N) is 1. The molecule has 0 atom stereocenters. The summed E-state index contributed by atoms with van der Waals surface area (Å²) in [6.07, 6.45) is 1.63. The Morgan fingerprint density at radius 3 is 2.43 bits per heavy atom. The van der Waals surface area contributed by atoms with E-state index in [1.165, 1.54) is 12.0 Å². The summed E-state index contributed by atoms with van der Waals surface area (Å²) in [6, 6.07) is 17.5. The summed E-state index contributed by atoms with van der Waals surface area (Å²) in [7, 11) is 1.47. The number of imide groups is 1. The summed E-state index contributed by atoms with van der Waals surface area (Å²) in [5.74, 6) is -0.258. The first-order valence-corrected chi connectivity index (χ1v) is 12.7. The number of thioether (sulfide) groups is 1. The van der Waals surface area contributed by atoms with Gasteiger partial charge in [-0.15, -0.1) is 0 Å². The monoisotopic (exact) mass is 619 g/mol. The van der Waals surface area contributed by atoms with Crippen LogP contribution < -0.4 is 9.47 Å². The molecule has 0 radical (unpaired) electrons. The third kappa shape index (κ3) is 5.88. The molecule has 4 rings (SSSR count). The van der Waals surface area contributed by atoms with Crippen molar-refractivity contribution in [3.05, 3.63) is 96.4 Å². The summed E-state index contributed by atoms with van der Waals surface area (Å²) < 4.78 is 11.7. The lowest BCUT2D eigenvalue weighted by Gasteiger charge is -2.13. The van der Waals surface area contributed by atoms with E-state index in [4.69, 9.17) is 21.1 Å². The first-order valence-electron chi connectivity index (χ1n) is 10.4. The number of benzene rings is 3. The fourth-order valence-corrected chi connectivity index (χ4v) is 5.02. The lowest BCUT2D eigenvalue weighted by molar-refractivity contribution is -0.123. The van der Waals surface area contributed by atoms with E-state index in [1.54, 1.807) is 54.6 Å². The highest BCUT2D eigenvalue weighted by Crippen LogP contribution is 2.38. The van der Waals surface area contributed by atoms with Crippen LogP contribution in [0.25, 0.3) is 6.08 Å². The Kier molecular flexibility index (Phi) is 7.83. The molecule has 0 bridgehead atoms. The molecule has 1 fully saturated rings. The van der Waals surface area contributed by atoms with Gasteiger partial charge in [-0.25, -0.2) is 4.79 Å². The van der Waals surface area contributed by atoms with Crippen LogP contribution in [0.3, 0.4) is 0 Å². The molecule has 9 heteroatoms. The molecule has 1 heterocycles. The van der Waals surface area contributed by atoms with Crippen molar-refractivity contribution in [3.63, 3.8) is 0 Å². The van der Waals surface area contributed by atoms with Gasteiger partial charge in [0, 0.05) is 5.02 Å². The van der Waals surface area contributed by atoms with Crippen LogP contribution in [0.4, 0.5) is 4.79 Å². The molecule has 0 aliphatic carbocycles. The summed E-state index contributed by atoms with van der Waals surface area (Å²) >= 11 is 8.83. The van der Waals surface area contributed by atoms with Gasteiger partial charge in [-0.05, 0) is 94.9 Å². The van der Waals surface area contributed by atoms with Crippen molar-refractivity contribution >= 4 is 69.1 Å². The maximum Gasteiger partial charge on any atom is 0.343 e. The van der Waals surface area contributed by atoms with Gasteiger partial charge in [-0.3, -0.25) is 14.5 Å². The Balaban J connectivity index is 1.55. The van der Waals surface area contributed by atoms with Gasteiger partial charge < -0.3 is 9.47 Å². The van der Waals surface area contributed by atoms with E-state index in [2.05, 4.69) is 0 Å². The van der Waals surface area contributed by atoms with Crippen molar-refractivity contribution in [2.24, 2.45) is 0 Å². The topological polar surface area (TPSA) is 72.9 Å². The van der Waals surface area contributed by atoms with E-state index in [1.807, 2.05) is 41.6 Å². The minimum Gasteiger partial charge on any atom is -0.493 e. The second-order valence-corrected chi connectivity index (χ2v) is 10.3. The lowest BCUT2D eigenvalue weighted by atomic mass is 10.1. The highest BCUT2D eigenvalue weighted by atomic mass is 127. The molecule has 3 aromatic rings. The van der Waals surface area contributed by atoms with E-state index < -0.39 is 5.97 Å². The Bertz CT molecular complexity index is 1340. The minimum absolute atomic E-state index is 0.161. The molecule has 35 heavy (non-hydrogen) atoms. The third-order valence-corrected chi connectivity index (χ3v) is 7.12. The summed E-state index contributed by atoms with van der Waals surface area (Å²) in [5.41, 5.74) is 2.90. The normalized spacial score (nSPS) is 14.5. The summed E-state index contributed by atoms with van der Waals surface area (Å²) in [4.78, 5) is 39.5. The van der Waals surface area contributed by atoms with E-state index >= 15 is 0 Å². The van der Waals surface area contributed by atoms with Crippen molar-refractivity contribution in [1.29, 1.82) is 0 Å². The van der Waals surface area contributed by atoms with Crippen molar-refractivity contribution < 1.29 is 23.9 Å².